The van der Waals surface area contributed by atoms with Gasteiger partial charge in [-0.25, -0.2) is 10.4 Å². The number of nitrogens with one attached hydrogen (secondary N) is 1. The summed E-state index contributed by atoms with van der Waals surface area (Å²) in [5.74, 6) is 0.829. The minimum Gasteiger partial charge on any atom is -0.508 e. The lowest BCUT2D eigenvalue weighted by Gasteiger charge is -2.04. The molecule has 0 bridgehead atoms. The number of fused-ring (bicyclic) bond motifs is 1. The number of rotatable bonds is 4. The Hall–Kier alpha value is -3.15. The number of hydrogen-bond acceptors (Lipinski definition) is 4. The number of hydrazone groups is 1. The number of hydrogen-bond donors (Lipinski definition) is 2. The molecule has 128 valence electrons. The third-order valence-corrected chi connectivity index (χ3v) is 4.13. The molecule has 1 amide bonds. The number of benzene rings is 2. The number of nitrogens with zero attached hydrogens (tertiary/aromatic N) is 3. The normalized spacial score (nSPS) is 11.7. The average Bonchev–Trinajstić information content (AvgIpc) is 2.93. The number of phenolic OH excluding ortho intramolecular Hbond substituents is 1. The third-order valence-electron chi connectivity index (χ3n) is 4.13. The molecule has 0 unspecified atom stereocenters. The standard InChI is InChI=1S/C19H20N4O2/c1-4-23-13(3)20-17-11-15(7-10-18(17)23)19(25)22-21-12(2)14-5-8-16(24)9-6-14/h5-11,24H,4H2,1-3H3,(H,22,25)/b21-12+. The fourth-order valence-corrected chi connectivity index (χ4v) is 2.76. The van der Waals surface area contributed by atoms with Crippen LogP contribution in [0.15, 0.2) is 47.6 Å². The van der Waals surface area contributed by atoms with Crippen LogP contribution in [-0.2, 0) is 6.54 Å². The predicted octanol–water partition coefficient (Wildman–Crippen LogP) is 3.22. The van der Waals surface area contributed by atoms with E-state index in [1.54, 1.807) is 43.3 Å². The molecule has 3 aromatic rings. The second-order valence-electron chi connectivity index (χ2n) is 5.79. The van der Waals surface area contributed by atoms with Crippen LogP contribution >= 0.6 is 0 Å². The van der Waals surface area contributed by atoms with Crippen LogP contribution < -0.4 is 5.43 Å². The SMILES string of the molecule is CCn1c(C)nc2cc(C(=O)N/N=C(\C)c3ccc(O)cc3)ccc21. The minimum absolute atomic E-state index is 0.190. The molecule has 6 heteroatoms. The van der Waals surface area contributed by atoms with Gasteiger partial charge in [0.15, 0.2) is 0 Å². The maximum atomic E-state index is 12.3. The van der Waals surface area contributed by atoms with Crippen molar-refractivity contribution >= 4 is 22.7 Å². The Morgan fingerprint density at radius 2 is 1.88 bits per heavy atom. The average molecular weight is 336 g/mol. The molecule has 25 heavy (non-hydrogen) atoms. The van der Waals surface area contributed by atoms with Gasteiger partial charge in [-0.3, -0.25) is 4.79 Å². The van der Waals surface area contributed by atoms with Gasteiger partial charge in [0.1, 0.15) is 11.6 Å². The molecule has 0 radical (unpaired) electrons. The zero-order valence-corrected chi connectivity index (χ0v) is 14.4. The van der Waals surface area contributed by atoms with Gasteiger partial charge in [0, 0.05) is 12.1 Å². The number of carbonyl (C=O) groups excluding carboxylic acids is 1. The monoisotopic (exact) mass is 336 g/mol. The molecular weight excluding hydrogens is 316 g/mol. The van der Waals surface area contributed by atoms with Crippen molar-refractivity contribution in [3.8, 4) is 5.75 Å². The van der Waals surface area contributed by atoms with E-state index in [4.69, 9.17) is 0 Å². The second-order valence-corrected chi connectivity index (χ2v) is 5.79. The molecule has 0 aliphatic heterocycles. The van der Waals surface area contributed by atoms with E-state index in [1.165, 1.54) is 0 Å². The highest BCUT2D eigenvalue weighted by Crippen LogP contribution is 2.18. The molecule has 0 aliphatic carbocycles. The van der Waals surface area contributed by atoms with Gasteiger partial charge in [0.25, 0.3) is 5.91 Å². The summed E-state index contributed by atoms with van der Waals surface area (Å²) < 4.78 is 2.10. The molecule has 3 rings (SSSR count). The largest absolute Gasteiger partial charge is 0.508 e. The van der Waals surface area contributed by atoms with Gasteiger partial charge in [-0.05, 0) is 68.8 Å². The maximum Gasteiger partial charge on any atom is 0.271 e. The quantitative estimate of drug-likeness (QED) is 0.567. The number of amides is 1. The smallest absolute Gasteiger partial charge is 0.271 e. The summed E-state index contributed by atoms with van der Waals surface area (Å²) in [5.41, 5.74) is 6.36. The van der Waals surface area contributed by atoms with Gasteiger partial charge in [0.05, 0.1) is 16.7 Å². The number of phenols is 1. The molecule has 0 saturated heterocycles. The van der Waals surface area contributed by atoms with Crippen LogP contribution in [0.3, 0.4) is 0 Å². The summed E-state index contributed by atoms with van der Waals surface area (Å²) in [6.07, 6.45) is 0. The Morgan fingerprint density at radius 1 is 1.20 bits per heavy atom. The van der Waals surface area contributed by atoms with E-state index in [0.717, 1.165) is 29.0 Å². The Balaban J connectivity index is 1.80. The lowest BCUT2D eigenvalue weighted by atomic mass is 10.1. The van der Waals surface area contributed by atoms with Crippen molar-refractivity contribution in [3.63, 3.8) is 0 Å². The highest BCUT2D eigenvalue weighted by atomic mass is 16.3. The minimum atomic E-state index is -0.288. The van der Waals surface area contributed by atoms with Crippen LogP contribution in [-0.4, -0.2) is 26.3 Å². The van der Waals surface area contributed by atoms with Crippen LogP contribution in [0.2, 0.25) is 0 Å². The van der Waals surface area contributed by atoms with Gasteiger partial charge < -0.3 is 9.67 Å². The highest BCUT2D eigenvalue weighted by Gasteiger charge is 2.10. The van der Waals surface area contributed by atoms with Gasteiger partial charge in [-0.1, -0.05) is 0 Å². The molecule has 0 aliphatic rings. The van der Waals surface area contributed by atoms with Crippen molar-refractivity contribution in [2.75, 3.05) is 0 Å². The van der Waals surface area contributed by atoms with Crippen molar-refractivity contribution in [2.45, 2.75) is 27.3 Å². The molecule has 1 aromatic heterocycles. The number of carbonyl (C=O) groups is 1. The molecule has 2 aromatic carbocycles. The number of aromatic hydroxyl groups is 1. The summed E-state index contributed by atoms with van der Waals surface area (Å²) >= 11 is 0. The Bertz CT molecular complexity index is 955. The molecule has 0 saturated carbocycles. The fraction of sp³-hybridized carbons (Fsp3) is 0.211. The Morgan fingerprint density at radius 3 is 2.56 bits per heavy atom. The Kier molecular flexibility index (Phi) is 4.52. The summed E-state index contributed by atoms with van der Waals surface area (Å²) in [6.45, 7) is 6.65. The lowest BCUT2D eigenvalue weighted by Crippen LogP contribution is -2.19. The van der Waals surface area contributed by atoms with E-state index in [9.17, 15) is 9.90 Å². The Labute approximate surface area is 145 Å². The van der Waals surface area contributed by atoms with Crippen molar-refractivity contribution in [1.82, 2.24) is 15.0 Å². The van der Waals surface area contributed by atoms with Crippen LogP contribution in [0.1, 0.15) is 35.6 Å². The summed E-state index contributed by atoms with van der Waals surface area (Å²) in [4.78, 5) is 16.8. The first-order valence-corrected chi connectivity index (χ1v) is 8.10. The highest BCUT2D eigenvalue weighted by molar-refractivity contribution is 6.01. The van der Waals surface area contributed by atoms with E-state index in [-0.39, 0.29) is 11.7 Å². The topological polar surface area (TPSA) is 79.5 Å². The molecule has 0 spiro atoms. The molecular formula is C19H20N4O2. The molecule has 2 N–H and O–H groups in total. The maximum absolute atomic E-state index is 12.3. The van der Waals surface area contributed by atoms with E-state index in [2.05, 4.69) is 27.0 Å². The van der Waals surface area contributed by atoms with Gasteiger partial charge in [0.2, 0.25) is 0 Å². The van der Waals surface area contributed by atoms with Gasteiger partial charge in [-0.2, -0.15) is 5.10 Å². The van der Waals surface area contributed by atoms with Crippen LogP contribution in [0.5, 0.6) is 5.75 Å². The molecule has 0 atom stereocenters. The zero-order valence-electron chi connectivity index (χ0n) is 14.4. The van der Waals surface area contributed by atoms with Crippen LogP contribution in [0, 0.1) is 6.92 Å². The number of aromatic nitrogens is 2. The summed E-state index contributed by atoms with van der Waals surface area (Å²) in [5, 5.41) is 13.4. The molecule has 0 fully saturated rings. The van der Waals surface area contributed by atoms with Crippen molar-refractivity contribution in [1.29, 1.82) is 0 Å². The van der Waals surface area contributed by atoms with Gasteiger partial charge in [-0.15, -0.1) is 0 Å². The van der Waals surface area contributed by atoms with Gasteiger partial charge >= 0.3 is 0 Å². The van der Waals surface area contributed by atoms with Crippen molar-refractivity contribution in [3.05, 3.63) is 59.4 Å². The van der Waals surface area contributed by atoms with Crippen molar-refractivity contribution < 1.29 is 9.90 Å². The number of imidazole rings is 1. The van der Waals surface area contributed by atoms with E-state index in [0.29, 0.717) is 11.3 Å². The summed E-state index contributed by atoms with van der Waals surface area (Å²) in [7, 11) is 0. The fourth-order valence-electron chi connectivity index (χ4n) is 2.76. The molecule has 6 nitrogen and oxygen atoms in total. The first kappa shape index (κ1) is 16.7. The summed E-state index contributed by atoms with van der Waals surface area (Å²) in [6, 6.07) is 12.1. The first-order chi connectivity index (χ1) is 12.0. The van der Waals surface area contributed by atoms with Crippen LogP contribution in [0.4, 0.5) is 0 Å². The zero-order chi connectivity index (χ0) is 18.0. The van der Waals surface area contributed by atoms with Crippen LogP contribution in [0.25, 0.3) is 11.0 Å². The van der Waals surface area contributed by atoms with E-state index in [1.807, 2.05) is 13.0 Å². The number of aryl methyl sites for hydroxylation is 2. The van der Waals surface area contributed by atoms with E-state index < -0.39 is 0 Å². The second kappa shape index (κ2) is 6.76. The van der Waals surface area contributed by atoms with Crippen molar-refractivity contribution in [2.24, 2.45) is 5.10 Å². The van der Waals surface area contributed by atoms with E-state index >= 15 is 0 Å². The predicted molar refractivity (Wildman–Crippen MR) is 97.9 cm³/mol. The molecule has 1 heterocycles. The first-order valence-electron chi connectivity index (χ1n) is 8.10. The third kappa shape index (κ3) is 3.38. The lowest BCUT2D eigenvalue weighted by molar-refractivity contribution is 0.0955.